The Hall–Kier alpha value is -6.64. The average molecular weight is 890 g/mol. The van der Waals surface area contributed by atoms with Crippen LogP contribution < -0.4 is 33.7 Å². The molecule has 0 aliphatic rings. The van der Waals surface area contributed by atoms with E-state index in [2.05, 4.69) is 17.4 Å². The van der Waals surface area contributed by atoms with E-state index in [4.69, 9.17) is 37.9 Å². The number of allylic oxidation sites excluding steroid dienone is 2. The Morgan fingerprint density at radius 1 is 0.631 bits per heavy atom. The highest BCUT2D eigenvalue weighted by Gasteiger charge is 2.13. The van der Waals surface area contributed by atoms with Gasteiger partial charge in [0.05, 0.1) is 53.7 Å². The number of phenols is 1. The van der Waals surface area contributed by atoms with E-state index in [-0.39, 0.29) is 42.2 Å². The lowest BCUT2D eigenvalue weighted by atomic mass is 10.1. The predicted molar refractivity (Wildman–Crippen MR) is 249 cm³/mol. The minimum absolute atomic E-state index is 0.00478. The molecule has 0 bridgehead atoms. The van der Waals surface area contributed by atoms with Gasteiger partial charge in [0.15, 0.2) is 46.1 Å². The summed E-state index contributed by atoms with van der Waals surface area (Å²) >= 11 is 0. The highest BCUT2D eigenvalue weighted by Crippen LogP contribution is 2.33. The first-order valence-electron chi connectivity index (χ1n) is 21.5. The third-order valence-electron chi connectivity index (χ3n) is 9.60. The molecule has 65 heavy (non-hydrogen) atoms. The van der Waals surface area contributed by atoms with Gasteiger partial charge in [0.1, 0.15) is 31.2 Å². The molecule has 344 valence electrons. The topological polar surface area (TPSA) is 160 Å². The summed E-state index contributed by atoms with van der Waals surface area (Å²) in [7, 11) is 2.97. The zero-order valence-corrected chi connectivity index (χ0v) is 37.2. The van der Waals surface area contributed by atoms with Gasteiger partial charge in [-0.05, 0) is 77.7 Å². The number of benzene rings is 5. The molecule has 0 aromatic heterocycles. The Labute approximate surface area is 381 Å². The van der Waals surface area contributed by atoms with Crippen LogP contribution in [0, 0.1) is 0 Å². The van der Waals surface area contributed by atoms with Gasteiger partial charge in [-0.2, -0.15) is 0 Å². The highest BCUT2D eigenvalue weighted by molar-refractivity contribution is 6.10. The summed E-state index contributed by atoms with van der Waals surface area (Å²) in [4.78, 5) is 24.8. The van der Waals surface area contributed by atoms with Gasteiger partial charge in [-0.25, -0.2) is 0 Å². The number of carbonyl (C=O) groups is 2. The van der Waals surface area contributed by atoms with Crippen molar-refractivity contribution in [1.82, 2.24) is 5.32 Å². The summed E-state index contributed by atoms with van der Waals surface area (Å²) in [6, 6.07) is 35.5. The van der Waals surface area contributed by atoms with Crippen molar-refractivity contribution < 1.29 is 57.7 Å². The maximum absolute atomic E-state index is 12.5. The van der Waals surface area contributed by atoms with Gasteiger partial charge in [0.2, 0.25) is 0 Å². The summed E-state index contributed by atoms with van der Waals surface area (Å²) in [6.45, 7) is 5.22. The van der Waals surface area contributed by atoms with Crippen LogP contribution in [0.25, 0.3) is 12.2 Å². The van der Waals surface area contributed by atoms with Gasteiger partial charge in [-0.15, -0.1) is 0 Å². The van der Waals surface area contributed by atoms with E-state index in [1.807, 2.05) is 67.6 Å². The number of hydrogen-bond donors (Lipinski definition) is 3. The molecule has 0 fully saturated rings. The molecule has 13 nitrogen and oxygen atoms in total. The van der Waals surface area contributed by atoms with Crippen molar-refractivity contribution in [3.8, 4) is 40.2 Å². The van der Waals surface area contributed by atoms with Crippen LogP contribution in [0.3, 0.4) is 0 Å². The summed E-state index contributed by atoms with van der Waals surface area (Å²) in [6.07, 6.45) is 5.28. The Kier molecular flexibility index (Phi) is 20.9. The van der Waals surface area contributed by atoms with E-state index in [0.717, 1.165) is 12.0 Å². The normalized spacial score (nSPS) is 12.2. The molecule has 1 unspecified atom stereocenters. The number of phenolic OH excluding ortho intramolecular Hbond substituents is 1. The van der Waals surface area contributed by atoms with E-state index >= 15 is 0 Å². The summed E-state index contributed by atoms with van der Waals surface area (Å²) in [5, 5.41) is 23.5. The summed E-state index contributed by atoms with van der Waals surface area (Å²) in [5.74, 6) is 2.32. The van der Waals surface area contributed by atoms with Crippen molar-refractivity contribution in [2.45, 2.75) is 38.6 Å². The van der Waals surface area contributed by atoms with Crippen LogP contribution in [-0.2, 0) is 32.1 Å². The molecule has 0 saturated carbocycles. The lowest BCUT2D eigenvalue weighted by molar-refractivity contribution is -0.121. The smallest absolute Gasteiger partial charge is 0.165 e. The number of aliphatic hydroxyl groups is 1. The van der Waals surface area contributed by atoms with Crippen molar-refractivity contribution in [1.29, 1.82) is 0 Å². The Bertz CT molecular complexity index is 2260. The number of methoxy groups -OCH3 is 2. The SMILES string of the molecule is COc1cc(/C=C/C(=O)CC(=O)/C=C/c2ccc(OC(C)COCCOCCNC[C@@H](O)COc3ccc(OCCc4ccccc4)c(OCc4ccccc4)c3)c(OC)c2)ccc1O. The fourth-order valence-electron chi connectivity index (χ4n) is 6.20. The van der Waals surface area contributed by atoms with E-state index < -0.39 is 6.10 Å². The Balaban J connectivity index is 0.931. The van der Waals surface area contributed by atoms with Crippen LogP contribution in [0.5, 0.6) is 40.2 Å². The second kappa shape index (κ2) is 27.5. The molecule has 0 saturated heterocycles. The third-order valence-corrected chi connectivity index (χ3v) is 9.60. The molecule has 5 aromatic rings. The van der Waals surface area contributed by atoms with Gasteiger partial charge < -0.3 is 53.4 Å². The Morgan fingerprint density at radius 3 is 1.98 bits per heavy atom. The lowest BCUT2D eigenvalue weighted by Gasteiger charge is -2.17. The number of aromatic hydroxyl groups is 1. The number of hydrogen-bond acceptors (Lipinski definition) is 13. The molecule has 5 rings (SSSR count). The first-order valence-corrected chi connectivity index (χ1v) is 21.5. The van der Waals surface area contributed by atoms with Gasteiger partial charge in [-0.3, -0.25) is 9.59 Å². The summed E-state index contributed by atoms with van der Waals surface area (Å²) in [5.41, 5.74) is 3.57. The zero-order chi connectivity index (χ0) is 46.1. The van der Waals surface area contributed by atoms with Crippen molar-refractivity contribution in [3.05, 3.63) is 150 Å². The lowest BCUT2D eigenvalue weighted by Crippen LogP contribution is -2.33. The molecule has 0 heterocycles. The molecule has 0 radical (unpaired) electrons. The number of ketones is 2. The van der Waals surface area contributed by atoms with Gasteiger partial charge >= 0.3 is 0 Å². The van der Waals surface area contributed by atoms with Crippen molar-refractivity contribution in [3.63, 3.8) is 0 Å². The molecule has 0 amide bonds. The molecule has 0 aliphatic heterocycles. The molecule has 5 aromatic carbocycles. The van der Waals surface area contributed by atoms with E-state index in [0.29, 0.717) is 92.6 Å². The Morgan fingerprint density at radius 2 is 1.28 bits per heavy atom. The van der Waals surface area contributed by atoms with E-state index in [1.54, 1.807) is 48.6 Å². The first-order chi connectivity index (χ1) is 31.7. The molecule has 0 aliphatic carbocycles. The van der Waals surface area contributed by atoms with Crippen LogP contribution in [-0.4, -0.2) is 101 Å². The number of aliphatic hydroxyl groups excluding tert-OH is 1. The van der Waals surface area contributed by atoms with Gasteiger partial charge in [0.25, 0.3) is 0 Å². The highest BCUT2D eigenvalue weighted by atomic mass is 16.6. The fourth-order valence-corrected chi connectivity index (χ4v) is 6.20. The number of ether oxygens (including phenoxy) is 8. The van der Waals surface area contributed by atoms with Crippen molar-refractivity contribution in [2.24, 2.45) is 0 Å². The number of nitrogens with one attached hydrogen (secondary N) is 1. The molecule has 13 heteroatoms. The van der Waals surface area contributed by atoms with Gasteiger partial charge in [-0.1, -0.05) is 84.9 Å². The largest absolute Gasteiger partial charge is 0.504 e. The van der Waals surface area contributed by atoms with Crippen LogP contribution >= 0.6 is 0 Å². The number of carbonyl (C=O) groups excluding carboxylic acids is 2. The third kappa shape index (κ3) is 18.2. The molecule has 3 N–H and O–H groups in total. The minimum Gasteiger partial charge on any atom is -0.504 e. The molecular weight excluding hydrogens is 831 g/mol. The van der Waals surface area contributed by atoms with Crippen molar-refractivity contribution in [2.75, 3.05) is 67.0 Å². The second-order valence-electron chi connectivity index (χ2n) is 14.9. The summed E-state index contributed by atoms with van der Waals surface area (Å²) < 4.78 is 46.2. The van der Waals surface area contributed by atoms with Crippen LogP contribution in [0.1, 0.15) is 35.6 Å². The molecule has 0 spiro atoms. The van der Waals surface area contributed by atoms with Gasteiger partial charge in [0, 0.05) is 25.6 Å². The zero-order valence-electron chi connectivity index (χ0n) is 37.2. The first kappa shape index (κ1) is 49.4. The molecule has 2 atom stereocenters. The fraction of sp³-hybridized carbons (Fsp3) is 0.308. The standard InChI is InChI=1S/C52H59NO12/c1-38(65-49-22-17-41(31-51(49)59-3)15-19-44(55)32-43(54)18-14-40-16-21-47(57)50(30-40)58-2)35-61-29-28-60-27-25-53-34-45(56)37-63-46-20-23-48(62-26-24-39-10-6-4-7-11-39)52(33-46)64-36-42-12-8-5-9-13-42/h4-23,30-31,33,38,45,53,56-57H,24-29,32,34-37H2,1-3H3/b18-14+,19-15+/t38?,45-/m1/s1. The minimum atomic E-state index is -0.744. The van der Waals surface area contributed by atoms with Crippen LogP contribution in [0.2, 0.25) is 0 Å². The quantitative estimate of drug-likeness (QED) is 0.0234. The maximum Gasteiger partial charge on any atom is 0.165 e. The van der Waals surface area contributed by atoms with E-state index in [1.165, 1.54) is 38.0 Å². The van der Waals surface area contributed by atoms with Crippen LogP contribution in [0.4, 0.5) is 0 Å². The number of rotatable bonds is 30. The van der Waals surface area contributed by atoms with Crippen LogP contribution in [0.15, 0.2) is 127 Å². The van der Waals surface area contributed by atoms with E-state index in [9.17, 15) is 19.8 Å². The second-order valence-corrected chi connectivity index (χ2v) is 14.9. The van der Waals surface area contributed by atoms with Crippen molar-refractivity contribution >= 4 is 23.7 Å². The molecular formula is C52H59NO12. The maximum atomic E-state index is 12.5. The predicted octanol–water partition coefficient (Wildman–Crippen LogP) is 7.69. The average Bonchev–Trinajstić information content (AvgIpc) is 3.32. The monoisotopic (exact) mass is 889 g/mol.